The molecule has 0 saturated heterocycles. The fourth-order valence-electron chi connectivity index (χ4n) is 1.07. The highest BCUT2D eigenvalue weighted by Crippen LogP contribution is 2.03. The first-order valence-corrected chi connectivity index (χ1v) is 3.77. The molecular formula is C9H13NO. The quantitative estimate of drug-likeness (QED) is 0.691. The van der Waals surface area contributed by atoms with Gasteiger partial charge in [-0.05, 0) is 31.4 Å². The van der Waals surface area contributed by atoms with Gasteiger partial charge in [0.2, 0.25) is 0 Å². The van der Waals surface area contributed by atoms with Crippen LogP contribution in [0.1, 0.15) is 18.1 Å². The van der Waals surface area contributed by atoms with Gasteiger partial charge in [-0.15, -0.1) is 0 Å². The summed E-state index contributed by atoms with van der Waals surface area (Å²) in [5.41, 5.74) is 2.24. The average Bonchev–Trinajstić information content (AvgIpc) is 1.85. The van der Waals surface area contributed by atoms with Gasteiger partial charge in [0.1, 0.15) is 0 Å². The van der Waals surface area contributed by atoms with Crippen LogP contribution in [0, 0.1) is 6.92 Å². The molecule has 0 radical (unpaired) electrons. The van der Waals surface area contributed by atoms with E-state index in [9.17, 15) is 0 Å². The molecule has 1 N–H and O–H groups in total. The highest BCUT2D eigenvalue weighted by molar-refractivity contribution is 5.16. The van der Waals surface area contributed by atoms with Crippen LogP contribution in [0.3, 0.4) is 0 Å². The van der Waals surface area contributed by atoms with Gasteiger partial charge in [-0.3, -0.25) is 4.98 Å². The molecule has 1 aromatic rings. The third-order valence-electron chi connectivity index (χ3n) is 1.46. The van der Waals surface area contributed by atoms with Crippen molar-refractivity contribution in [2.24, 2.45) is 0 Å². The van der Waals surface area contributed by atoms with Crippen LogP contribution in [0.2, 0.25) is 0 Å². The minimum absolute atomic E-state index is 0.279. The summed E-state index contributed by atoms with van der Waals surface area (Å²) in [7, 11) is 0. The van der Waals surface area contributed by atoms with E-state index < -0.39 is 0 Å². The zero-order valence-electron chi connectivity index (χ0n) is 6.91. The van der Waals surface area contributed by atoms with E-state index in [1.165, 1.54) is 0 Å². The lowest BCUT2D eigenvalue weighted by Crippen LogP contribution is -2.04. The number of pyridine rings is 1. The third-order valence-corrected chi connectivity index (χ3v) is 1.46. The van der Waals surface area contributed by atoms with Crippen LogP contribution in [-0.4, -0.2) is 16.2 Å². The predicted molar refractivity (Wildman–Crippen MR) is 44.4 cm³/mol. The molecule has 0 aliphatic rings. The molecule has 0 unspecified atom stereocenters. The van der Waals surface area contributed by atoms with Gasteiger partial charge in [-0.25, -0.2) is 0 Å². The monoisotopic (exact) mass is 151 g/mol. The van der Waals surface area contributed by atoms with E-state index in [0.29, 0.717) is 6.42 Å². The Hall–Kier alpha value is -0.890. The van der Waals surface area contributed by atoms with E-state index in [1.807, 2.05) is 19.2 Å². The first kappa shape index (κ1) is 8.21. The van der Waals surface area contributed by atoms with Crippen LogP contribution in [0.4, 0.5) is 0 Å². The van der Waals surface area contributed by atoms with Crippen molar-refractivity contribution in [1.29, 1.82) is 0 Å². The first-order valence-electron chi connectivity index (χ1n) is 3.77. The molecule has 1 heterocycles. The predicted octanol–water partition coefficient (Wildman–Crippen LogP) is 1.31. The number of aryl methyl sites for hydroxylation is 1. The standard InChI is InChI=1S/C9H13NO/c1-7-3-9(4-8(2)11)6-10-5-7/h3,5-6,8,11H,4H2,1-2H3/t8-/m1/s1. The van der Waals surface area contributed by atoms with Gasteiger partial charge >= 0.3 is 0 Å². The van der Waals surface area contributed by atoms with Gasteiger partial charge in [0.15, 0.2) is 0 Å². The number of aliphatic hydroxyl groups is 1. The number of hydrogen-bond acceptors (Lipinski definition) is 2. The molecule has 0 aliphatic heterocycles. The van der Waals surface area contributed by atoms with Gasteiger partial charge in [-0.1, -0.05) is 6.07 Å². The van der Waals surface area contributed by atoms with Crippen molar-refractivity contribution in [3.05, 3.63) is 29.6 Å². The molecule has 1 atom stereocenters. The Kier molecular flexibility index (Phi) is 2.60. The highest BCUT2D eigenvalue weighted by atomic mass is 16.3. The van der Waals surface area contributed by atoms with Crippen molar-refractivity contribution in [2.75, 3.05) is 0 Å². The van der Waals surface area contributed by atoms with Gasteiger partial charge in [-0.2, -0.15) is 0 Å². The first-order chi connectivity index (χ1) is 5.18. The molecule has 1 rings (SSSR count). The zero-order chi connectivity index (χ0) is 8.27. The molecule has 0 fully saturated rings. The third kappa shape index (κ3) is 2.68. The molecule has 11 heavy (non-hydrogen) atoms. The summed E-state index contributed by atoms with van der Waals surface area (Å²) >= 11 is 0. The largest absolute Gasteiger partial charge is 0.393 e. The molecule has 60 valence electrons. The molecule has 0 aromatic carbocycles. The normalized spacial score (nSPS) is 13.0. The van der Waals surface area contributed by atoms with Crippen LogP contribution in [-0.2, 0) is 6.42 Å². The lowest BCUT2D eigenvalue weighted by atomic mass is 10.1. The van der Waals surface area contributed by atoms with Crippen LogP contribution >= 0.6 is 0 Å². The van der Waals surface area contributed by atoms with Crippen molar-refractivity contribution in [3.63, 3.8) is 0 Å². The second-order valence-electron chi connectivity index (χ2n) is 2.92. The maximum Gasteiger partial charge on any atom is 0.0553 e. The summed E-state index contributed by atoms with van der Waals surface area (Å²) in [6.45, 7) is 3.78. The Morgan fingerprint density at radius 2 is 2.27 bits per heavy atom. The summed E-state index contributed by atoms with van der Waals surface area (Å²) in [4.78, 5) is 4.03. The van der Waals surface area contributed by atoms with Gasteiger partial charge < -0.3 is 5.11 Å². The zero-order valence-corrected chi connectivity index (χ0v) is 6.91. The van der Waals surface area contributed by atoms with E-state index in [1.54, 1.807) is 13.1 Å². The second kappa shape index (κ2) is 3.49. The number of aromatic nitrogens is 1. The Balaban J connectivity index is 2.71. The van der Waals surface area contributed by atoms with Crippen molar-refractivity contribution in [1.82, 2.24) is 4.98 Å². The second-order valence-corrected chi connectivity index (χ2v) is 2.92. The number of nitrogens with zero attached hydrogens (tertiary/aromatic N) is 1. The molecular weight excluding hydrogens is 138 g/mol. The Morgan fingerprint density at radius 1 is 1.55 bits per heavy atom. The summed E-state index contributed by atoms with van der Waals surface area (Å²) in [6, 6.07) is 2.04. The Bertz CT molecular complexity index is 233. The summed E-state index contributed by atoms with van der Waals surface area (Å²) < 4.78 is 0. The fourth-order valence-corrected chi connectivity index (χ4v) is 1.07. The van der Waals surface area contributed by atoms with Gasteiger partial charge in [0, 0.05) is 12.4 Å². The number of hydrogen-bond donors (Lipinski definition) is 1. The van der Waals surface area contributed by atoms with E-state index in [0.717, 1.165) is 11.1 Å². The van der Waals surface area contributed by atoms with E-state index in [4.69, 9.17) is 5.11 Å². The van der Waals surface area contributed by atoms with Crippen molar-refractivity contribution < 1.29 is 5.11 Å². The molecule has 2 nitrogen and oxygen atoms in total. The fraction of sp³-hybridized carbons (Fsp3) is 0.444. The Morgan fingerprint density at radius 3 is 2.82 bits per heavy atom. The summed E-state index contributed by atoms with van der Waals surface area (Å²) in [5, 5.41) is 9.07. The van der Waals surface area contributed by atoms with Gasteiger partial charge in [0.05, 0.1) is 6.10 Å². The van der Waals surface area contributed by atoms with Gasteiger partial charge in [0.25, 0.3) is 0 Å². The molecule has 1 aromatic heterocycles. The van der Waals surface area contributed by atoms with Crippen molar-refractivity contribution >= 4 is 0 Å². The minimum atomic E-state index is -0.279. The molecule has 0 bridgehead atoms. The molecule has 0 saturated carbocycles. The van der Waals surface area contributed by atoms with Crippen LogP contribution in [0.25, 0.3) is 0 Å². The smallest absolute Gasteiger partial charge is 0.0553 e. The number of rotatable bonds is 2. The minimum Gasteiger partial charge on any atom is -0.393 e. The summed E-state index contributed by atoms with van der Waals surface area (Å²) in [5.74, 6) is 0. The lowest BCUT2D eigenvalue weighted by molar-refractivity contribution is 0.195. The highest BCUT2D eigenvalue weighted by Gasteiger charge is 1.98. The van der Waals surface area contributed by atoms with Crippen LogP contribution < -0.4 is 0 Å². The average molecular weight is 151 g/mol. The van der Waals surface area contributed by atoms with Crippen molar-refractivity contribution in [3.8, 4) is 0 Å². The SMILES string of the molecule is Cc1cncc(C[C@@H](C)O)c1. The van der Waals surface area contributed by atoms with Crippen LogP contribution in [0.15, 0.2) is 18.5 Å². The van der Waals surface area contributed by atoms with Crippen LogP contribution in [0.5, 0.6) is 0 Å². The van der Waals surface area contributed by atoms with E-state index in [-0.39, 0.29) is 6.10 Å². The maximum absolute atomic E-state index is 9.07. The summed E-state index contributed by atoms with van der Waals surface area (Å²) in [6.07, 6.45) is 4.01. The van der Waals surface area contributed by atoms with Crippen molar-refractivity contribution in [2.45, 2.75) is 26.4 Å². The molecule has 0 aliphatic carbocycles. The number of aliphatic hydroxyl groups excluding tert-OH is 1. The Labute approximate surface area is 66.9 Å². The molecule has 0 amide bonds. The maximum atomic E-state index is 9.07. The lowest BCUT2D eigenvalue weighted by Gasteiger charge is -2.03. The topological polar surface area (TPSA) is 33.1 Å². The molecule has 2 heteroatoms. The van der Waals surface area contributed by atoms with E-state index >= 15 is 0 Å². The van der Waals surface area contributed by atoms with E-state index in [2.05, 4.69) is 4.98 Å². The molecule has 0 spiro atoms.